The van der Waals surface area contributed by atoms with Crippen LogP contribution < -0.4 is 5.73 Å². The largest absolute Gasteiger partial charge is 0.381 e. The maximum Gasteiger partial charge on any atom is 0.152 e. The van der Waals surface area contributed by atoms with Crippen LogP contribution in [0.15, 0.2) is 6.33 Å². The molecule has 6 nitrogen and oxygen atoms in total. The lowest BCUT2D eigenvalue weighted by molar-refractivity contribution is -0.114. The van der Waals surface area contributed by atoms with E-state index >= 15 is 0 Å². The summed E-state index contributed by atoms with van der Waals surface area (Å²) in [7, 11) is 0. The Morgan fingerprint density at radius 2 is 2.29 bits per heavy atom. The van der Waals surface area contributed by atoms with Gasteiger partial charge >= 0.3 is 0 Å². The number of hydrogen-bond acceptors (Lipinski definition) is 5. The molecular weight excluding hydrogens is 220 g/mol. The van der Waals surface area contributed by atoms with Crippen LogP contribution in [0.5, 0.6) is 0 Å². The van der Waals surface area contributed by atoms with Crippen LogP contribution in [-0.2, 0) is 22.6 Å². The summed E-state index contributed by atoms with van der Waals surface area (Å²) in [5.74, 6) is 0.854. The first-order chi connectivity index (χ1) is 8.29. The number of rotatable bonds is 5. The van der Waals surface area contributed by atoms with E-state index in [1.165, 1.54) is 0 Å². The molecule has 0 bridgehead atoms. The summed E-state index contributed by atoms with van der Waals surface area (Å²) < 4.78 is 13.2. The van der Waals surface area contributed by atoms with Crippen LogP contribution in [0.2, 0.25) is 0 Å². The maximum absolute atomic E-state index is 5.98. The molecule has 96 valence electrons. The number of nitrogens with zero attached hydrogens (tertiary/aromatic N) is 3. The average Bonchev–Trinajstić information content (AvgIpc) is 2.85. The highest BCUT2D eigenvalue weighted by atomic mass is 16.5. The van der Waals surface area contributed by atoms with Gasteiger partial charge in [-0.05, 0) is 6.92 Å². The van der Waals surface area contributed by atoms with Gasteiger partial charge in [-0.25, -0.2) is 9.67 Å². The van der Waals surface area contributed by atoms with Crippen LogP contribution >= 0.6 is 0 Å². The van der Waals surface area contributed by atoms with E-state index in [2.05, 4.69) is 10.1 Å². The Morgan fingerprint density at radius 1 is 1.53 bits per heavy atom. The molecule has 1 aliphatic heterocycles. The molecule has 1 aromatic heterocycles. The number of nitrogens with two attached hydrogens (primary N) is 1. The molecule has 1 aromatic rings. The molecular formula is C11H20N4O2. The molecule has 6 heteroatoms. The Morgan fingerprint density at radius 3 is 2.94 bits per heavy atom. The van der Waals surface area contributed by atoms with Crippen LogP contribution in [-0.4, -0.2) is 40.1 Å². The Kier molecular flexibility index (Phi) is 4.09. The van der Waals surface area contributed by atoms with Crippen molar-refractivity contribution in [1.82, 2.24) is 14.8 Å². The van der Waals surface area contributed by atoms with E-state index in [-0.39, 0.29) is 5.60 Å². The predicted molar refractivity (Wildman–Crippen MR) is 62.3 cm³/mol. The van der Waals surface area contributed by atoms with Crippen LogP contribution in [0.3, 0.4) is 0 Å². The van der Waals surface area contributed by atoms with Crippen molar-refractivity contribution in [3.05, 3.63) is 12.2 Å². The number of hydrogen-bond donors (Lipinski definition) is 1. The van der Waals surface area contributed by atoms with Gasteiger partial charge in [0, 0.05) is 39.1 Å². The molecule has 0 aromatic carbocycles. The Labute approximate surface area is 101 Å². The molecule has 0 unspecified atom stereocenters. The number of aryl methyl sites for hydroxylation is 1. The van der Waals surface area contributed by atoms with Gasteiger partial charge in [-0.15, -0.1) is 0 Å². The molecule has 1 aliphatic rings. The fourth-order valence-corrected chi connectivity index (χ4v) is 2.03. The molecule has 2 heterocycles. The Hall–Kier alpha value is -0.980. The Balaban J connectivity index is 1.95. The quantitative estimate of drug-likeness (QED) is 0.802. The molecule has 0 aliphatic carbocycles. The average molecular weight is 240 g/mol. The second kappa shape index (κ2) is 5.57. The van der Waals surface area contributed by atoms with Gasteiger partial charge in [0.15, 0.2) is 5.82 Å². The SMILES string of the molecule is CCn1ncnc1COC1(CN)CCOCC1. The molecule has 1 fully saturated rings. The minimum absolute atomic E-state index is 0.247. The van der Waals surface area contributed by atoms with Gasteiger partial charge in [0.2, 0.25) is 0 Å². The monoisotopic (exact) mass is 240 g/mol. The van der Waals surface area contributed by atoms with Crippen LogP contribution in [0.1, 0.15) is 25.6 Å². The van der Waals surface area contributed by atoms with Crippen LogP contribution in [0.4, 0.5) is 0 Å². The summed E-state index contributed by atoms with van der Waals surface area (Å²) in [6.45, 7) is 5.26. The minimum Gasteiger partial charge on any atom is -0.381 e. The molecule has 2 N–H and O–H groups in total. The van der Waals surface area contributed by atoms with Gasteiger partial charge in [0.05, 0.1) is 5.60 Å². The summed E-state index contributed by atoms with van der Waals surface area (Å²) in [5, 5.41) is 4.12. The van der Waals surface area contributed by atoms with Crippen molar-refractivity contribution < 1.29 is 9.47 Å². The molecule has 0 spiro atoms. The topological polar surface area (TPSA) is 75.2 Å². The summed E-state index contributed by atoms with van der Waals surface area (Å²) >= 11 is 0. The third kappa shape index (κ3) is 2.83. The first-order valence-corrected chi connectivity index (χ1v) is 6.08. The summed E-state index contributed by atoms with van der Waals surface area (Å²) in [6, 6.07) is 0. The van der Waals surface area contributed by atoms with Crippen molar-refractivity contribution in [1.29, 1.82) is 0 Å². The lowest BCUT2D eigenvalue weighted by Crippen LogP contribution is -2.45. The molecule has 17 heavy (non-hydrogen) atoms. The highest BCUT2D eigenvalue weighted by Gasteiger charge is 2.32. The van der Waals surface area contributed by atoms with Crippen molar-refractivity contribution in [2.75, 3.05) is 19.8 Å². The third-order valence-electron chi connectivity index (χ3n) is 3.28. The Bertz CT molecular complexity index is 347. The van der Waals surface area contributed by atoms with E-state index in [0.717, 1.165) is 38.4 Å². The van der Waals surface area contributed by atoms with Crippen LogP contribution in [0, 0.1) is 0 Å². The van der Waals surface area contributed by atoms with Crippen molar-refractivity contribution in [2.24, 2.45) is 5.73 Å². The van der Waals surface area contributed by atoms with E-state index in [4.69, 9.17) is 15.2 Å². The van der Waals surface area contributed by atoms with Crippen molar-refractivity contribution in [3.63, 3.8) is 0 Å². The maximum atomic E-state index is 5.98. The number of aromatic nitrogens is 3. The highest BCUT2D eigenvalue weighted by molar-refractivity contribution is 4.88. The number of ether oxygens (including phenoxy) is 2. The normalized spacial score (nSPS) is 19.4. The zero-order valence-electron chi connectivity index (χ0n) is 10.3. The second-order valence-corrected chi connectivity index (χ2v) is 4.28. The predicted octanol–water partition coefficient (Wildman–Crippen LogP) is 0.322. The summed E-state index contributed by atoms with van der Waals surface area (Å²) in [4.78, 5) is 4.19. The molecule has 1 saturated heterocycles. The fourth-order valence-electron chi connectivity index (χ4n) is 2.03. The van der Waals surface area contributed by atoms with Crippen molar-refractivity contribution >= 4 is 0 Å². The molecule has 0 atom stereocenters. The minimum atomic E-state index is -0.247. The van der Waals surface area contributed by atoms with E-state index < -0.39 is 0 Å². The molecule has 0 radical (unpaired) electrons. The first kappa shape index (κ1) is 12.5. The van der Waals surface area contributed by atoms with Gasteiger partial charge in [-0.2, -0.15) is 5.10 Å². The van der Waals surface area contributed by atoms with Gasteiger partial charge < -0.3 is 15.2 Å². The summed E-state index contributed by atoms with van der Waals surface area (Å²) in [6.07, 6.45) is 3.26. The highest BCUT2D eigenvalue weighted by Crippen LogP contribution is 2.24. The van der Waals surface area contributed by atoms with E-state index in [1.807, 2.05) is 11.6 Å². The lowest BCUT2D eigenvalue weighted by atomic mass is 9.94. The second-order valence-electron chi connectivity index (χ2n) is 4.28. The smallest absolute Gasteiger partial charge is 0.152 e. The van der Waals surface area contributed by atoms with Gasteiger partial charge in [0.25, 0.3) is 0 Å². The van der Waals surface area contributed by atoms with E-state index in [1.54, 1.807) is 6.33 Å². The third-order valence-corrected chi connectivity index (χ3v) is 3.28. The van der Waals surface area contributed by atoms with E-state index in [0.29, 0.717) is 13.2 Å². The lowest BCUT2D eigenvalue weighted by Gasteiger charge is -2.35. The fraction of sp³-hybridized carbons (Fsp3) is 0.818. The van der Waals surface area contributed by atoms with E-state index in [9.17, 15) is 0 Å². The van der Waals surface area contributed by atoms with Crippen LogP contribution in [0.25, 0.3) is 0 Å². The zero-order chi connectivity index (χ0) is 12.1. The standard InChI is InChI=1S/C11H20N4O2/c1-2-15-10(13-9-14-15)7-17-11(8-12)3-5-16-6-4-11/h9H,2-8,12H2,1H3. The van der Waals surface area contributed by atoms with Crippen molar-refractivity contribution in [3.8, 4) is 0 Å². The molecule has 2 rings (SSSR count). The first-order valence-electron chi connectivity index (χ1n) is 6.08. The molecule has 0 amide bonds. The summed E-state index contributed by atoms with van der Waals surface area (Å²) in [5.41, 5.74) is 5.58. The van der Waals surface area contributed by atoms with Gasteiger partial charge in [-0.1, -0.05) is 0 Å². The zero-order valence-corrected chi connectivity index (χ0v) is 10.3. The molecule has 0 saturated carbocycles. The van der Waals surface area contributed by atoms with Gasteiger partial charge in [-0.3, -0.25) is 0 Å². The van der Waals surface area contributed by atoms with Gasteiger partial charge in [0.1, 0.15) is 12.9 Å². The van der Waals surface area contributed by atoms with Crippen molar-refractivity contribution in [2.45, 2.75) is 38.5 Å².